The van der Waals surface area contributed by atoms with Crippen molar-refractivity contribution in [2.45, 2.75) is 39.3 Å². The van der Waals surface area contributed by atoms with E-state index < -0.39 is 13.8 Å². The second-order valence-electron chi connectivity index (χ2n) is 7.98. The smallest absolute Gasteiger partial charge is 0.407 e. The average Bonchev–Trinajstić information content (AvgIpc) is 2.95. The Morgan fingerprint density at radius 3 is 2.64 bits per heavy atom. The highest BCUT2D eigenvalue weighted by molar-refractivity contribution is 6.76. The zero-order valence-corrected chi connectivity index (χ0v) is 18.3. The molecular weight excluding hydrogens is 394 g/mol. The van der Waals surface area contributed by atoms with E-state index in [1.165, 1.54) is 4.57 Å². The molecule has 6 nitrogen and oxygen atoms in total. The highest BCUT2D eigenvalue weighted by atomic mass is 35.5. The minimum Gasteiger partial charge on any atom is -0.407 e. The Balaban J connectivity index is 1.96. The summed E-state index contributed by atoms with van der Waals surface area (Å²) >= 11 is 6.37. The summed E-state index contributed by atoms with van der Waals surface area (Å²) in [6.07, 6.45) is 3.28. The number of oxazole rings is 1. The molecular formula is C20H24ClN3O3Si. The first-order valence-electron chi connectivity index (χ1n) is 9.05. The molecule has 0 atom stereocenters. The summed E-state index contributed by atoms with van der Waals surface area (Å²) < 4.78 is 12.7. The van der Waals surface area contributed by atoms with Gasteiger partial charge in [-0.1, -0.05) is 37.8 Å². The third kappa shape index (κ3) is 4.43. The number of rotatable bonds is 7. The standard InChI is InChI=1S/C20H24ClN3O3Si/c1-13(2)16-10-23-17(11-22-16)14-6-7-15(21)18-19(14)27-20(25)24(18)12-26-8-9-28(3,4)5/h6-7,10-11H,1,8-9,12H2,2-5H3. The Morgan fingerprint density at radius 1 is 1.29 bits per heavy atom. The van der Waals surface area contributed by atoms with Crippen molar-refractivity contribution in [3.63, 3.8) is 0 Å². The molecule has 0 aliphatic heterocycles. The van der Waals surface area contributed by atoms with E-state index >= 15 is 0 Å². The molecule has 0 unspecified atom stereocenters. The van der Waals surface area contributed by atoms with Gasteiger partial charge in [-0.15, -0.1) is 0 Å². The van der Waals surface area contributed by atoms with Crippen LogP contribution in [0.15, 0.2) is 40.3 Å². The van der Waals surface area contributed by atoms with Crippen molar-refractivity contribution in [1.82, 2.24) is 14.5 Å². The maximum Gasteiger partial charge on any atom is 0.421 e. The first kappa shape index (κ1) is 20.5. The minimum atomic E-state index is -1.21. The van der Waals surface area contributed by atoms with Crippen molar-refractivity contribution in [1.29, 1.82) is 0 Å². The van der Waals surface area contributed by atoms with Gasteiger partial charge in [0.25, 0.3) is 0 Å². The van der Waals surface area contributed by atoms with Crippen LogP contribution in [-0.2, 0) is 11.5 Å². The molecule has 3 aromatic rings. The van der Waals surface area contributed by atoms with Gasteiger partial charge in [0.15, 0.2) is 5.58 Å². The Hall–Kier alpha value is -2.22. The summed E-state index contributed by atoms with van der Waals surface area (Å²) in [6.45, 7) is 13.3. The van der Waals surface area contributed by atoms with Gasteiger partial charge in [-0.25, -0.2) is 9.36 Å². The van der Waals surface area contributed by atoms with Gasteiger partial charge in [0.2, 0.25) is 0 Å². The maximum atomic E-state index is 12.4. The van der Waals surface area contributed by atoms with Crippen molar-refractivity contribution in [3.8, 4) is 11.3 Å². The van der Waals surface area contributed by atoms with E-state index in [-0.39, 0.29) is 6.73 Å². The van der Waals surface area contributed by atoms with E-state index in [2.05, 4.69) is 36.2 Å². The fourth-order valence-electron chi connectivity index (χ4n) is 2.68. The van der Waals surface area contributed by atoms with E-state index in [1.54, 1.807) is 24.5 Å². The largest absolute Gasteiger partial charge is 0.421 e. The number of hydrogen-bond donors (Lipinski definition) is 0. The fraction of sp³-hybridized carbons (Fsp3) is 0.350. The number of fused-ring (bicyclic) bond motifs is 1. The first-order valence-corrected chi connectivity index (χ1v) is 13.1. The number of benzene rings is 1. The van der Waals surface area contributed by atoms with Crippen molar-refractivity contribution in [3.05, 3.63) is 52.4 Å². The lowest BCUT2D eigenvalue weighted by molar-refractivity contribution is 0.0850. The van der Waals surface area contributed by atoms with Gasteiger partial charge in [0.1, 0.15) is 12.2 Å². The van der Waals surface area contributed by atoms with Gasteiger partial charge < -0.3 is 9.15 Å². The monoisotopic (exact) mass is 417 g/mol. The molecule has 0 fully saturated rings. The zero-order chi connectivity index (χ0) is 20.5. The summed E-state index contributed by atoms with van der Waals surface area (Å²) in [5.41, 5.74) is 3.66. The number of hydrogen-bond acceptors (Lipinski definition) is 5. The maximum absolute atomic E-state index is 12.4. The SMILES string of the molecule is C=C(C)c1cnc(-c2ccc(Cl)c3c2oc(=O)n3COCC[Si](C)(C)C)cn1. The number of aromatic nitrogens is 3. The molecule has 0 bridgehead atoms. The highest BCUT2D eigenvalue weighted by Crippen LogP contribution is 2.32. The van der Waals surface area contributed by atoms with Gasteiger partial charge in [0, 0.05) is 20.2 Å². The lowest BCUT2D eigenvalue weighted by Gasteiger charge is -2.15. The molecule has 1 aromatic carbocycles. The Morgan fingerprint density at radius 2 is 2.04 bits per heavy atom. The lowest BCUT2D eigenvalue weighted by Crippen LogP contribution is -2.23. The van der Waals surface area contributed by atoms with Gasteiger partial charge in [-0.2, -0.15) is 0 Å². The number of halogens is 1. The molecule has 28 heavy (non-hydrogen) atoms. The zero-order valence-electron chi connectivity index (χ0n) is 16.6. The molecule has 0 radical (unpaired) electrons. The van der Waals surface area contributed by atoms with Crippen LogP contribution in [0.3, 0.4) is 0 Å². The molecule has 0 aliphatic rings. The number of ether oxygens (including phenoxy) is 1. The third-order valence-electron chi connectivity index (χ3n) is 4.34. The van der Waals surface area contributed by atoms with Crippen LogP contribution in [0.4, 0.5) is 0 Å². The Bertz CT molecular complexity index is 1070. The molecule has 148 valence electrons. The molecule has 0 N–H and O–H groups in total. The first-order chi connectivity index (χ1) is 13.2. The second-order valence-corrected chi connectivity index (χ2v) is 14.0. The molecule has 0 spiro atoms. The second kappa shape index (κ2) is 8.03. The van der Waals surface area contributed by atoms with Crippen LogP contribution in [0.1, 0.15) is 12.6 Å². The Kier molecular flexibility index (Phi) is 5.88. The quantitative estimate of drug-likeness (QED) is 0.397. The van der Waals surface area contributed by atoms with Gasteiger partial charge in [-0.3, -0.25) is 9.97 Å². The van der Waals surface area contributed by atoms with Crippen molar-refractivity contribution < 1.29 is 9.15 Å². The molecule has 0 saturated carbocycles. The molecule has 3 rings (SSSR count). The number of nitrogens with zero attached hydrogens (tertiary/aromatic N) is 3. The van der Waals surface area contributed by atoms with E-state index in [0.717, 1.165) is 11.6 Å². The van der Waals surface area contributed by atoms with Crippen LogP contribution >= 0.6 is 11.6 Å². The van der Waals surface area contributed by atoms with Crippen LogP contribution < -0.4 is 5.76 Å². The van der Waals surface area contributed by atoms with Gasteiger partial charge in [-0.05, 0) is 30.7 Å². The van der Waals surface area contributed by atoms with Crippen molar-refractivity contribution in [2.75, 3.05) is 6.61 Å². The van der Waals surface area contributed by atoms with Gasteiger partial charge >= 0.3 is 5.76 Å². The van der Waals surface area contributed by atoms with E-state index in [0.29, 0.717) is 39.7 Å². The molecule has 8 heteroatoms. The summed E-state index contributed by atoms with van der Waals surface area (Å²) in [6, 6.07) is 4.51. The third-order valence-corrected chi connectivity index (χ3v) is 6.35. The average molecular weight is 418 g/mol. The highest BCUT2D eigenvalue weighted by Gasteiger charge is 2.19. The van der Waals surface area contributed by atoms with E-state index in [1.807, 2.05) is 6.92 Å². The molecule has 0 aliphatic carbocycles. The van der Waals surface area contributed by atoms with Crippen LogP contribution in [0.25, 0.3) is 27.9 Å². The van der Waals surface area contributed by atoms with Gasteiger partial charge in [0.05, 0.1) is 28.8 Å². The fourth-order valence-corrected chi connectivity index (χ4v) is 3.68. The molecule has 0 amide bonds. The van der Waals surface area contributed by atoms with Crippen molar-refractivity contribution >= 4 is 36.3 Å². The molecule has 0 saturated heterocycles. The normalized spacial score (nSPS) is 11.9. The summed E-state index contributed by atoms with van der Waals surface area (Å²) in [7, 11) is -1.21. The lowest BCUT2D eigenvalue weighted by atomic mass is 10.1. The Labute approximate surface area is 169 Å². The van der Waals surface area contributed by atoms with Crippen LogP contribution in [0.2, 0.25) is 30.7 Å². The topological polar surface area (TPSA) is 70.2 Å². The molecule has 2 aromatic heterocycles. The van der Waals surface area contributed by atoms with Crippen LogP contribution in [0.5, 0.6) is 0 Å². The predicted molar refractivity (Wildman–Crippen MR) is 115 cm³/mol. The number of allylic oxidation sites excluding steroid dienone is 1. The summed E-state index contributed by atoms with van der Waals surface area (Å²) in [5, 5.41) is 0.421. The van der Waals surface area contributed by atoms with E-state index in [4.69, 9.17) is 20.8 Å². The predicted octanol–water partition coefficient (Wildman–Crippen LogP) is 5.05. The summed E-state index contributed by atoms with van der Waals surface area (Å²) in [4.78, 5) is 21.2. The van der Waals surface area contributed by atoms with Crippen molar-refractivity contribution in [2.24, 2.45) is 0 Å². The summed E-state index contributed by atoms with van der Waals surface area (Å²) in [5.74, 6) is -0.510. The molecule has 2 heterocycles. The van der Waals surface area contributed by atoms with Crippen LogP contribution in [-0.4, -0.2) is 29.2 Å². The van der Waals surface area contributed by atoms with Crippen LogP contribution in [0, 0.1) is 0 Å². The minimum absolute atomic E-state index is 0.0970. The van der Waals surface area contributed by atoms with E-state index in [9.17, 15) is 4.79 Å².